The van der Waals surface area contributed by atoms with Gasteiger partial charge in [0.05, 0.1) is 18.2 Å². The van der Waals surface area contributed by atoms with Crippen LogP contribution in [0.3, 0.4) is 0 Å². The fourth-order valence-electron chi connectivity index (χ4n) is 1.50. The Bertz CT molecular complexity index is 380. The predicted octanol–water partition coefficient (Wildman–Crippen LogP) is 3.13. The Hall–Kier alpha value is -1.00. The molecule has 0 unspecified atom stereocenters. The molecule has 0 aliphatic rings. The molecule has 94 valence electrons. The number of halogens is 1. The van der Waals surface area contributed by atoms with Gasteiger partial charge in [-0.15, -0.1) is 6.58 Å². The molecular weight excluding hydrogens is 282 g/mol. The van der Waals surface area contributed by atoms with Crippen LogP contribution in [0, 0.1) is 0 Å². The zero-order valence-electron chi connectivity index (χ0n) is 10.3. The minimum Gasteiger partial charge on any atom is -0.492 e. The first-order valence-corrected chi connectivity index (χ1v) is 6.33. The molecule has 0 radical (unpaired) electrons. The van der Waals surface area contributed by atoms with Crippen molar-refractivity contribution in [2.45, 2.75) is 13.5 Å². The molecule has 0 amide bonds. The molecule has 0 fully saturated rings. The van der Waals surface area contributed by atoms with Crippen molar-refractivity contribution in [2.75, 3.05) is 20.3 Å². The van der Waals surface area contributed by atoms with Crippen molar-refractivity contribution in [3.05, 3.63) is 34.8 Å². The molecule has 1 aromatic carbocycles. The van der Waals surface area contributed by atoms with E-state index in [-0.39, 0.29) is 0 Å². The molecule has 4 heteroatoms. The molecule has 1 aromatic rings. The van der Waals surface area contributed by atoms with Gasteiger partial charge >= 0.3 is 0 Å². The Kier molecular flexibility index (Phi) is 6.08. The third-order valence-corrected chi connectivity index (χ3v) is 2.78. The van der Waals surface area contributed by atoms with Gasteiger partial charge < -0.3 is 14.8 Å². The minimum absolute atomic E-state index is 0.617. The number of hydrogen-bond donors (Lipinski definition) is 1. The molecule has 3 nitrogen and oxygen atoms in total. The van der Waals surface area contributed by atoms with Gasteiger partial charge in [0, 0.05) is 13.1 Å². The monoisotopic (exact) mass is 299 g/mol. The van der Waals surface area contributed by atoms with E-state index in [0.29, 0.717) is 6.61 Å². The Balaban J connectivity index is 2.89. The molecule has 0 saturated carbocycles. The third-order valence-electron chi connectivity index (χ3n) is 2.19. The Morgan fingerprint density at radius 2 is 2.24 bits per heavy atom. The molecular formula is C13H18BrNO2. The number of nitrogens with one attached hydrogen (secondary N) is 1. The first kappa shape index (κ1) is 14.1. The quantitative estimate of drug-likeness (QED) is 0.620. The second kappa shape index (κ2) is 7.35. The van der Waals surface area contributed by atoms with Crippen LogP contribution < -0.4 is 14.8 Å². The van der Waals surface area contributed by atoms with Crippen LogP contribution in [0.15, 0.2) is 29.3 Å². The summed E-state index contributed by atoms with van der Waals surface area (Å²) in [7, 11) is 1.64. The van der Waals surface area contributed by atoms with Crippen LogP contribution >= 0.6 is 15.9 Å². The smallest absolute Gasteiger partial charge is 0.174 e. The maximum Gasteiger partial charge on any atom is 0.174 e. The minimum atomic E-state index is 0.617. The zero-order chi connectivity index (χ0) is 12.7. The van der Waals surface area contributed by atoms with Gasteiger partial charge in [-0.1, -0.05) is 6.08 Å². The number of hydrogen-bond acceptors (Lipinski definition) is 3. The average Bonchev–Trinajstić information content (AvgIpc) is 2.30. The molecule has 0 aliphatic carbocycles. The van der Waals surface area contributed by atoms with Crippen molar-refractivity contribution < 1.29 is 9.47 Å². The molecule has 0 saturated heterocycles. The van der Waals surface area contributed by atoms with E-state index in [1.807, 2.05) is 25.1 Å². The maximum absolute atomic E-state index is 5.55. The molecule has 0 spiro atoms. The van der Waals surface area contributed by atoms with Gasteiger partial charge in [-0.3, -0.25) is 0 Å². The highest BCUT2D eigenvalue weighted by atomic mass is 79.9. The summed E-state index contributed by atoms with van der Waals surface area (Å²) in [6.07, 6.45) is 1.84. The van der Waals surface area contributed by atoms with Crippen LogP contribution in [-0.2, 0) is 6.54 Å². The molecule has 0 heterocycles. The summed E-state index contributed by atoms with van der Waals surface area (Å²) in [4.78, 5) is 0. The van der Waals surface area contributed by atoms with Crippen LogP contribution in [0.4, 0.5) is 0 Å². The van der Waals surface area contributed by atoms with Crippen molar-refractivity contribution in [3.8, 4) is 11.5 Å². The standard InChI is InChI=1S/C13H18BrNO2/c1-4-6-15-9-10-7-11(14)13(16-3)12(8-10)17-5-2/h4,7-8,15H,1,5-6,9H2,2-3H3. The van der Waals surface area contributed by atoms with E-state index in [4.69, 9.17) is 9.47 Å². The van der Waals surface area contributed by atoms with E-state index in [1.54, 1.807) is 7.11 Å². The number of rotatable bonds is 7. The van der Waals surface area contributed by atoms with Gasteiger partial charge in [-0.25, -0.2) is 0 Å². The summed E-state index contributed by atoms with van der Waals surface area (Å²) >= 11 is 3.48. The summed E-state index contributed by atoms with van der Waals surface area (Å²) in [5.74, 6) is 1.50. The van der Waals surface area contributed by atoms with E-state index in [1.165, 1.54) is 0 Å². The largest absolute Gasteiger partial charge is 0.492 e. The lowest BCUT2D eigenvalue weighted by molar-refractivity contribution is 0.309. The van der Waals surface area contributed by atoms with E-state index >= 15 is 0 Å². The van der Waals surface area contributed by atoms with Gasteiger partial charge in [0.15, 0.2) is 11.5 Å². The highest BCUT2D eigenvalue weighted by Gasteiger charge is 2.10. The second-order valence-corrected chi connectivity index (χ2v) is 4.32. The molecule has 0 atom stereocenters. The molecule has 1 rings (SSSR count). The van der Waals surface area contributed by atoms with Gasteiger partial charge in [0.1, 0.15) is 0 Å². The average molecular weight is 300 g/mol. The molecule has 0 bridgehead atoms. The van der Waals surface area contributed by atoms with Crippen molar-refractivity contribution in [1.29, 1.82) is 0 Å². The number of benzene rings is 1. The van der Waals surface area contributed by atoms with E-state index in [2.05, 4.69) is 27.8 Å². The summed E-state index contributed by atoms with van der Waals surface area (Å²) in [6, 6.07) is 4.01. The first-order chi connectivity index (χ1) is 8.22. The van der Waals surface area contributed by atoms with Gasteiger partial charge in [0.2, 0.25) is 0 Å². The maximum atomic E-state index is 5.55. The summed E-state index contributed by atoms with van der Waals surface area (Å²) in [6.45, 7) is 7.80. The van der Waals surface area contributed by atoms with Crippen molar-refractivity contribution in [1.82, 2.24) is 5.32 Å². The lowest BCUT2D eigenvalue weighted by atomic mass is 10.2. The Morgan fingerprint density at radius 1 is 1.47 bits per heavy atom. The lowest BCUT2D eigenvalue weighted by Crippen LogP contribution is -2.12. The van der Waals surface area contributed by atoms with Gasteiger partial charge in [-0.05, 0) is 40.5 Å². The molecule has 17 heavy (non-hydrogen) atoms. The van der Waals surface area contributed by atoms with Gasteiger partial charge in [-0.2, -0.15) is 0 Å². The van der Waals surface area contributed by atoms with Crippen LogP contribution in [0.5, 0.6) is 11.5 Å². The first-order valence-electron chi connectivity index (χ1n) is 5.53. The summed E-state index contributed by atoms with van der Waals surface area (Å²) in [5, 5.41) is 3.25. The normalized spacial score (nSPS) is 10.1. The zero-order valence-corrected chi connectivity index (χ0v) is 11.8. The van der Waals surface area contributed by atoms with Crippen LogP contribution in [0.25, 0.3) is 0 Å². The van der Waals surface area contributed by atoms with Crippen LogP contribution in [-0.4, -0.2) is 20.3 Å². The Morgan fingerprint density at radius 3 is 2.82 bits per heavy atom. The molecule has 0 aliphatic heterocycles. The number of ether oxygens (including phenoxy) is 2. The molecule has 0 aromatic heterocycles. The third kappa shape index (κ3) is 4.06. The van der Waals surface area contributed by atoms with Crippen molar-refractivity contribution >= 4 is 15.9 Å². The van der Waals surface area contributed by atoms with Gasteiger partial charge in [0.25, 0.3) is 0 Å². The fourth-order valence-corrected chi connectivity index (χ4v) is 2.15. The second-order valence-electron chi connectivity index (χ2n) is 3.46. The topological polar surface area (TPSA) is 30.5 Å². The predicted molar refractivity (Wildman–Crippen MR) is 73.8 cm³/mol. The van der Waals surface area contributed by atoms with Crippen LogP contribution in [0.1, 0.15) is 12.5 Å². The summed E-state index contributed by atoms with van der Waals surface area (Å²) < 4.78 is 11.8. The van der Waals surface area contributed by atoms with E-state index in [9.17, 15) is 0 Å². The SMILES string of the molecule is C=CCNCc1cc(Br)c(OC)c(OCC)c1. The lowest BCUT2D eigenvalue weighted by Gasteiger charge is -2.13. The summed E-state index contributed by atoms with van der Waals surface area (Å²) in [5.41, 5.74) is 1.14. The highest BCUT2D eigenvalue weighted by molar-refractivity contribution is 9.10. The fraction of sp³-hybridized carbons (Fsp3) is 0.385. The van der Waals surface area contributed by atoms with Crippen molar-refractivity contribution in [3.63, 3.8) is 0 Å². The van der Waals surface area contributed by atoms with E-state index < -0.39 is 0 Å². The van der Waals surface area contributed by atoms with Crippen molar-refractivity contribution in [2.24, 2.45) is 0 Å². The molecule has 1 N–H and O–H groups in total. The number of methoxy groups -OCH3 is 1. The van der Waals surface area contributed by atoms with E-state index in [0.717, 1.165) is 34.6 Å². The van der Waals surface area contributed by atoms with Crippen LogP contribution in [0.2, 0.25) is 0 Å². The highest BCUT2D eigenvalue weighted by Crippen LogP contribution is 2.36. The Labute approximate surface area is 111 Å².